The summed E-state index contributed by atoms with van der Waals surface area (Å²) >= 11 is 0. The first-order chi connectivity index (χ1) is 14.8. The predicted molar refractivity (Wildman–Crippen MR) is 115 cm³/mol. The molecule has 0 N–H and O–H groups in total. The summed E-state index contributed by atoms with van der Waals surface area (Å²) in [5.74, 6) is 0.486. The number of ether oxygens (including phenoxy) is 2. The van der Waals surface area contributed by atoms with Crippen molar-refractivity contribution < 1.29 is 23.6 Å². The minimum absolute atomic E-state index is 0.267. The second kappa shape index (κ2) is 9.93. The average Bonchev–Trinajstić information content (AvgIpc) is 3.09. The number of aromatic nitrogens is 1. The third kappa shape index (κ3) is 5.72. The fourth-order valence-corrected chi connectivity index (χ4v) is 3.08. The van der Waals surface area contributed by atoms with Crippen LogP contribution in [0.1, 0.15) is 39.9 Å². The standard InChI is InChI=1S/C24H26N2O5/c1-16-22(17(2)31-25-16)15-29-21-12-10-20(11-13-21)24(28)30-18(3)23(27)26(4)14-19-8-6-5-7-9-19/h5-13,18H,14-15H2,1-4H3. The van der Waals surface area contributed by atoms with Crippen molar-refractivity contribution in [2.24, 2.45) is 0 Å². The van der Waals surface area contributed by atoms with E-state index in [1.54, 1.807) is 43.1 Å². The van der Waals surface area contributed by atoms with Crippen molar-refractivity contribution >= 4 is 11.9 Å². The third-order valence-corrected chi connectivity index (χ3v) is 4.92. The maximum atomic E-state index is 12.5. The van der Waals surface area contributed by atoms with E-state index in [2.05, 4.69) is 5.16 Å². The van der Waals surface area contributed by atoms with Crippen LogP contribution in [0.25, 0.3) is 0 Å². The zero-order valence-electron chi connectivity index (χ0n) is 18.1. The van der Waals surface area contributed by atoms with Gasteiger partial charge in [0.2, 0.25) is 0 Å². The van der Waals surface area contributed by atoms with Crippen LogP contribution < -0.4 is 4.74 Å². The molecule has 0 aliphatic rings. The quantitative estimate of drug-likeness (QED) is 0.509. The van der Waals surface area contributed by atoms with Crippen molar-refractivity contribution in [2.75, 3.05) is 7.05 Å². The molecule has 7 nitrogen and oxygen atoms in total. The van der Waals surface area contributed by atoms with Crippen molar-refractivity contribution in [1.29, 1.82) is 0 Å². The highest BCUT2D eigenvalue weighted by Crippen LogP contribution is 2.18. The van der Waals surface area contributed by atoms with Crippen LogP contribution in [0.3, 0.4) is 0 Å². The van der Waals surface area contributed by atoms with E-state index in [1.807, 2.05) is 44.2 Å². The lowest BCUT2D eigenvalue weighted by Crippen LogP contribution is -2.37. The Morgan fingerprint density at radius 2 is 1.74 bits per heavy atom. The van der Waals surface area contributed by atoms with Gasteiger partial charge in [-0.25, -0.2) is 4.79 Å². The number of carbonyl (C=O) groups excluding carboxylic acids is 2. The monoisotopic (exact) mass is 422 g/mol. The van der Waals surface area contributed by atoms with Crippen LogP contribution in [0.2, 0.25) is 0 Å². The molecule has 1 heterocycles. The molecular weight excluding hydrogens is 396 g/mol. The first-order valence-corrected chi connectivity index (χ1v) is 9.99. The highest BCUT2D eigenvalue weighted by atomic mass is 16.5. The van der Waals surface area contributed by atoms with Crippen molar-refractivity contribution in [2.45, 2.75) is 40.0 Å². The molecule has 162 valence electrons. The molecule has 1 aromatic heterocycles. The molecule has 2 aromatic carbocycles. The van der Waals surface area contributed by atoms with Gasteiger partial charge in [-0.3, -0.25) is 4.79 Å². The molecule has 1 atom stereocenters. The van der Waals surface area contributed by atoms with Gasteiger partial charge in [0.25, 0.3) is 5.91 Å². The largest absolute Gasteiger partial charge is 0.489 e. The van der Waals surface area contributed by atoms with Gasteiger partial charge in [0.05, 0.1) is 16.8 Å². The molecule has 3 aromatic rings. The smallest absolute Gasteiger partial charge is 0.338 e. The summed E-state index contributed by atoms with van der Waals surface area (Å²) < 4.78 is 16.2. The van der Waals surface area contributed by atoms with E-state index >= 15 is 0 Å². The summed E-state index contributed by atoms with van der Waals surface area (Å²) in [5.41, 5.74) is 3.03. The number of carbonyl (C=O) groups is 2. The number of benzene rings is 2. The first-order valence-electron chi connectivity index (χ1n) is 9.99. The molecule has 7 heteroatoms. The van der Waals surface area contributed by atoms with Gasteiger partial charge < -0.3 is 18.9 Å². The number of esters is 1. The molecule has 0 fully saturated rings. The summed E-state index contributed by atoms with van der Waals surface area (Å²) in [6.45, 7) is 6.03. The Hall–Kier alpha value is -3.61. The average molecular weight is 422 g/mol. The van der Waals surface area contributed by atoms with Crippen molar-refractivity contribution in [3.8, 4) is 5.75 Å². The predicted octanol–water partition coefficient (Wildman–Crippen LogP) is 4.07. The van der Waals surface area contributed by atoms with Gasteiger partial charge in [0.1, 0.15) is 18.1 Å². The minimum atomic E-state index is -0.892. The van der Waals surface area contributed by atoms with Gasteiger partial charge in [-0.15, -0.1) is 0 Å². The maximum absolute atomic E-state index is 12.5. The maximum Gasteiger partial charge on any atom is 0.338 e. The fourth-order valence-electron chi connectivity index (χ4n) is 3.08. The minimum Gasteiger partial charge on any atom is -0.489 e. The molecule has 3 rings (SSSR count). The second-order valence-corrected chi connectivity index (χ2v) is 7.34. The molecule has 0 aliphatic heterocycles. The Morgan fingerprint density at radius 3 is 2.35 bits per heavy atom. The van der Waals surface area contributed by atoms with E-state index in [-0.39, 0.29) is 5.91 Å². The number of aryl methyl sites for hydroxylation is 2. The topological polar surface area (TPSA) is 81.9 Å². The number of rotatable bonds is 8. The molecule has 1 amide bonds. The molecule has 0 bridgehead atoms. The Morgan fingerprint density at radius 1 is 1.06 bits per heavy atom. The van der Waals surface area contributed by atoms with Crippen molar-refractivity contribution in [3.63, 3.8) is 0 Å². The van der Waals surface area contributed by atoms with Crippen molar-refractivity contribution in [1.82, 2.24) is 10.1 Å². The van der Waals surface area contributed by atoms with Crippen LogP contribution in [0, 0.1) is 13.8 Å². The summed E-state index contributed by atoms with van der Waals surface area (Å²) in [4.78, 5) is 26.5. The first kappa shape index (κ1) is 22.1. The number of nitrogens with zero attached hydrogens (tertiary/aromatic N) is 2. The van der Waals surface area contributed by atoms with E-state index in [9.17, 15) is 9.59 Å². The highest BCUT2D eigenvalue weighted by Gasteiger charge is 2.22. The summed E-state index contributed by atoms with van der Waals surface area (Å²) in [7, 11) is 1.69. The lowest BCUT2D eigenvalue weighted by Gasteiger charge is -2.21. The molecule has 0 spiro atoms. The van der Waals surface area contributed by atoms with Gasteiger partial charge in [0.15, 0.2) is 6.10 Å². The Kier molecular flexibility index (Phi) is 7.07. The Labute approximate surface area is 181 Å². The van der Waals surface area contributed by atoms with Gasteiger partial charge >= 0.3 is 5.97 Å². The van der Waals surface area contributed by atoms with E-state index in [0.29, 0.717) is 30.2 Å². The summed E-state index contributed by atoms with van der Waals surface area (Å²) in [6.07, 6.45) is -0.892. The number of hydrogen-bond acceptors (Lipinski definition) is 6. The molecule has 0 saturated carbocycles. The van der Waals surface area contributed by atoms with Gasteiger partial charge in [-0.05, 0) is 50.6 Å². The Balaban J connectivity index is 1.53. The molecule has 0 aliphatic carbocycles. The molecule has 1 unspecified atom stereocenters. The lowest BCUT2D eigenvalue weighted by molar-refractivity contribution is -0.139. The SMILES string of the molecule is Cc1noc(C)c1COc1ccc(C(=O)OC(C)C(=O)N(C)Cc2ccccc2)cc1. The summed E-state index contributed by atoms with van der Waals surface area (Å²) in [5, 5.41) is 3.90. The normalized spacial score (nSPS) is 11.6. The summed E-state index contributed by atoms with van der Waals surface area (Å²) in [6, 6.07) is 16.2. The number of likely N-dealkylation sites (N-methyl/N-ethyl adjacent to an activating group) is 1. The van der Waals surface area contributed by atoms with E-state index in [4.69, 9.17) is 14.0 Å². The van der Waals surface area contributed by atoms with Gasteiger partial charge in [0, 0.05) is 13.6 Å². The number of amides is 1. The number of hydrogen-bond donors (Lipinski definition) is 0. The van der Waals surface area contributed by atoms with Crippen LogP contribution in [-0.4, -0.2) is 35.1 Å². The van der Waals surface area contributed by atoms with Gasteiger partial charge in [-0.2, -0.15) is 0 Å². The van der Waals surface area contributed by atoms with E-state index in [1.165, 1.54) is 0 Å². The van der Waals surface area contributed by atoms with Crippen LogP contribution >= 0.6 is 0 Å². The Bertz CT molecular complexity index is 1010. The molecule has 0 radical (unpaired) electrons. The second-order valence-electron chi connectivity index (χ2n) is 7.34. The highest BCUT2D eigenvalue weighted by molar-refractivity contribution is 5.92. The molecule has 31 heavy (non-hydrogen) atoms. The van der Waals surface area contributed by atoms with Crippen LogP contribution in [0.5, 0.6) is 5.75 Å². The molecule has 0 saturated heterocycles. The van der Waals surface area contributed by atoms with Gasteiger partial charge in [-0.1, -0.05) is 35.5 Å². The van der Waals surface area contributed by atoms with Crippen molar-refractivity contribution in [3.05, 3.63) is 82.7 Å². The lowest BCUT2D eigenvalue weighted by atomic mass is 10.2. The van der Waals surface area contributed by atoms with E-state index in [0.717, 1.165) is 16.8 Å². The van der Waals surface area contributed by atoms with E-state index < -0.39 is 12.1 Å². The molecular formula is C24H26N2O5. The van der Waals surface area contributed by atoms with Crippen LogP contribution in [0.4, 0.5) is 0 Å². The zero-order chi connectivity index (χ0) is 22.4. The van der Waals surface area contributed by atoms with Crippen LogP contribution in [0.15, 0.2) is 59.1 Å². The fraction of sp³-hybridized carbons (Fsp3) is 0.292. The van der Waals surface area contributed by atoms with Crippen LogP contribution in [-0.2, 0) is 22.7 Å². The zero-order valence-corrected chi connectivity index (χ0v) is 18.1. The third-order valence-electron chi connectivity index (χ3n) is 4.92.